The lowest BCUT2D eigenvalue weighted by Gasteiger charge is -2.36. The van der Waals surface area contributed by atoms with Gasteiger partial charge in [0.1, 0.15) is 0 Å². The molecule has 0 amide bonds. The fraction of sp³-hybridized carbons (Fsp3) is 0.647. The average molecular weight is 276 g/mol. The van der Waals surface area contributed by atoms with E-state index in [1.807, 2.05) is 6.07 Å². The first-order valence-electron chi connectivity index (χ1n) is 7.87. The Hall–Kier alpha value is -0.900. The molecule has 0 heterocycles. The Morgan fingerprint density at radius 2 is 2.00 bits per heavy atom. The molecule has 3 nitrogen and oxygen atoms in total. The second kappa shape index (κ2) is 8.40. The lowest BCUT2D eigenvalue weighted by molar-refractivity contribution is -0.0399. The maximum atomic E-state index is 5.93. The number of hydrogen-bond acceptors (Lipinski definition) is 3. The van der Waals surface area contributed by atoms with Gasteiger partial charge in [0, 0.05) is 12.6 Å². The second-order valence-electron chi connectivity index (χ2n) is 5.87. The summed E-state index contributed by atoms with van der Waals surface area (Å²) in [4.78, 5) is 0. The maximum absolute atomic E-state index is 5.93. The van der Waals surface area contributed by atoms with Crippen LogP contribution < -0.4 is 10.6 Å². The molecular weight excluding hydrogens is 248 g/mol. The van der Waals surface area contributed by atoms with Crippen LogP contribution in [0.15, 0.2) is 30.3 Å². The van der Waals surface area contributed by atoms with Crippen molar-refractivity contribution in [2.24, 2.45) is 5.92 Å². The number of likely N-dealkylation sites (N-methyl/N-ethyl adjacent to an activating group) is 1. The molecule has 0 aliphatic heterocycles. The smallest absolute Gasteiger partial charge is 0.0720 e. The number of rotatable bonds is 9. The molecule has 0 radical (unpaired) electrons. The summed E-state index contributed by atoms with van der Waals surface area (Å²) in [6.07, 6.45) is 2.87. The Kier molecular flexibility index (Phi) is 6.51. The van der Waals surface area contributed by atoms with Gasteiger partial charge in [-0.1, -0.05) is 37.3 Å². The van der Waals surface area contributed by atoms with Crippen LogP contribution in [0.3, 0.4) is 0 Å². The average Bonchev–Trinajstić information content (AvgIpc) is 2.44. The van der Waals surface area contributed by atoms with Crippen molar-refractivity contribution in [2.45, 2.75) is 45.4 Å². The molecule has 1 fully saturated rings. The van der Waals surface area contributed by atoms with Crippen LogP contribution in [-0.2, 0) is 11.3 Å². The first kappa shape index (κ1) is 15.5. The SMILES string of the molecule is CCNCC(C)NCC1CC(OCc2ccccc2)C1. The molecule has 0 bridgehead atoms. The molecular formula is C17H28N2O. The van der Waals surface area contributed by atoms with Gasteiger partial charge in [-0.3, -0.25) is 0 Å². The highest BCUT2D eigenvalue weighted by molar-refractivity contribution is 5.13. The standard InChI is InChI=1S/C17H28N2O/c1-3-18-11-14(2)19-12-16-9-17(10-16)20-13-15-7-5-4-6-8-15/h4-8,14,16-19H,3,9-13H2,1-2H3. The molecule has 20 heavy (non-hydrogen) atoms. The zero-order chi connectivity index (χ0) is 14.2. The summed E-state index contributed by atoms with van der Waals surface area (Å²) in [6, 6.07) is 11.0. The normalized spacial score (nSPS) is 23.3. The van der Waals surface area contributed by atoms with Crippen LogP contribution >= 0.6 is 0 Å². The van der Waals surface area contributed by atoms with Gasteiger partial charge in [-0.15, -0.1) is 0 Å². The van der Waals surface area contributed by atoms with Crippen LogP contribution in [-0.4, -0.2) is 31.8 Å². The molecule has 1 saturated carbocycles. The van der Waals surface area contributed by atoms with Crippen LogP contribution in [0.1, 0.15) is 32.3 Å². The molecule has 1 atom stereocenters. The van der Waals surface area contributed by atoms with Crippen molar-refractivity contribution in [1.29, 1.82) is 0 Å². The van der Waals surface area contributed by atoms with Gasteiger partial charge in [0.15, 0.2) is 0 Å². The van der Waals surface area contributed by atoms with E-state index in [-0.39, 0.29) is 0 Å². The van der Waals surface area contributed by atoms with Gasteiger partial charge in [-0.25, -0.2) is 0 Å². The summed E-state index contributed by atoms with van der Waals surface area (Å²) in [5, 5.41) is 6.96. The van der Waals surface area contributed by atoms with Crippen molar-refractivity contribution in [2.75, 3.05) is 19.6 Å². The number of hydrogen-bond donors (Lipinski definition) is 2. The predicted octanol–water partition coefficient (Wildman–Crippen LogP) is 2.57. The minimum Gasteiger partial charge on any atom is -0.374 e. The molecule has 2 rings (SSSR count). The molecule has 0 aromatic heterocycles. The maximum Gasteiger partial charge on any atom is 0.0720 e. The molecule has 1 aromatic rings. The summed E-state index contributed by atoms with van der Waals surface area (Å²) in [5.41, 5.74) is 1.27. The molecule has 1 aromatic carbocycles. The lowest BCUT2D eigenvalue weighted by Crippen LogP contribution is -2.43. The highest BCUT2D eigenvalue weighted by Crippen LogP contribution is 2.30. The van der Waals surface area contributed by atoms with E-state index < -0.39 is 0 Å². The summed E-state index contributed by atoms with van der Waals surface area (Å²) >= 11 is 0. The van der Waals surface area contributed by atoms with Gasteiger partial charge in [-0.2, -0.15) is 0 Å². The largest absolute Gasteiger partial charge is 0.374 e. The third kappa shape index (κ3) is 5.23. The van der Waals surface area contributed by atoms with Gasteiger partial charge < -0.3 is 15.4 Å². The van der Waals surface area contributed by atoms with E-state index in [1.165, 1.54) is 18.4 Å². The first-order chi connectivity index (χ1) is 9.78. The third-order valence-corrected chi connectivity index (χ3v) is 3.98. The highest BCUT2D eigenvalue weighted by Gasteiger charge is 2.29. The number of benzene rings is 1. The van der Waals surface area contributed by atoms with E-state index in [2.05, 4.69) is 48.7 Å². The minimum absolute atomic E-state index is 0.464. The summed E-state index contributed by atoms with van der Waals surface area (Å²) in [6.45, 7) is 8.36. The molecule has 112 valence electrons. The van der Waals surface area contributed by atoms with Crippen molar-refractivity contribution < 1.29 is 4.74 Å². The Labute approximate surface area is 123 Å². The van der Waals surface area contributed by atoms with Crippen molar-refractivity contribution in [3.63, 3.8) is 0 Å². The third-order valence-electron chi connectivity index (χ3n) is 3.98. The van der Waals surface area contributed by atoms with Crippen LogP contribution in [0.25, 0.3) is 0 Å². The van der Waals surface area contributed by atoms with Gasteiger partial charge >= 0.3 is 0 Å². The van der Waals surface area contributed by atoms with Crippen molar-refractivity contribution >= 4 is 0 Å². The van der Waals surface area contributed by atoms with E-state index >= 15 is 0 Å². The fourth-order valence-electron chi connectivity index (χ4n) is 2.57. The first-order valence-corrected chi connectivity index (χ1v) is 7.87. The minimum atomic E-state index is 0.464. The van der Waals surface area contributed by atoms with Crippen LogP contribution in [0, 0.1) is 5.92 Å². The molecule has 0 spiro atoms. The zero-order valence-electron chi connectivity index (χ0n) is 12.8. The van der Waals surface area contributed by atoms with Gasteiger partial charge in [0.25, 0.3) is 0 Å². The Bertz CT molecular complexity index is 363. The van der Waals surface area contributed by atoms with E-state index in [9.17, 15) is 0 Å². The zero-order valence-corrected chi connectivity index (χ0v) is 12.8. The summed E-state index contributed by atoms with van der Waals surface area (Å²) in [7, 11) is 0. The van der Waals surface area contributed by atoms with Crippen molar-refractivity contribution in [3.05, 3.63) is 35.9 Å². The molecule has 1 unspecified atom stereocenters. The Balaban J connectivity index is 1.52. The van der Waals surface area contributed by atoms with E-state index in [0.29, 0.717) is 12.1 Å². The molecule has 1 aliphatic rings. The number of ether oxygens (including phenoxy) is 1. The Morgan fingerprint density at radius 1 is 1.25 bits per heavy atom. The predicted molar refractivity (Wildman–Crippen MR) is 83.8 cm³/mol. The second-order valence-corrected chi connectivity index (χ2v) is 5.87. The quantitative estimate of drug-likeness (QED) is 0.727. The van der Waals surface area contributed by atoms with Crippen molar-refractivity contribution in [3.8, 4) is 0 Å². The summed E-state index contributed by atoms with van der Waals surface area (Å²) < 4.78 is 5.93. The molecule has 3 heteroatoms. The lowest BCUT2D eigenvalue weighted by atomic mass is 9.82. The molecule has 2 N–H and O–H groups in total. The van der Waals surface area contributed by atoms with Crippen LogP contribution in [0.5, 0.6) is 0 Å². The Morgan fingerprint density at radius 3 is 2.70 bits per heavy atom. The van der Waals surface area contributed by atoms with E-state index in [0.717, 1.165) is 32.2 Å². The molecule has 1 aliphatic carbocycles. The van der Waals surface area contributed by atoms with E-state index in [1.54, 1.807) is 0 Å². The topological polar surface area (TPSA) is 33.3 Å². The van der Waals surface area contributed by atoms with Gasteiger partial charge in [0.05, 0.1) is 12.7 Å². The van der Waals surface area contributed by atoms with Gasteiger partial charge in [0.2, 0.25) is 0 Å². The van der Waals surface area contributed by atoms with E-state index in [4.69, 9.17) is 4.74 Å². The van der Waals surface area contributed by atoms with Crippen molar-refractivity contribution in [1.82, 2.24) is 10.6 Å². The number of nitrogens with one attached hydrogen (secondary N) is 2. The molecule has 0 saturated heterocycles. The van der Waals surface area contributed by atoms with Gasteiger partial charge in [-0.05, 0) is 44.3 Å². The highest BCUT2D eigenvalue weighted by atomic mass is 16.5. The monoisotopic (exact) mass is 276 g/mol. The van der Waals surface area contributed by atoms with Crippen LogP contribution in [0.4, 0.5) is 0 Å². The summed E-state index contributed by atoms with van der Waals surface area (Å²) in [5.74, 6) is 0.792. The van der Waals surface area contributed by atoms with Crippen LogP contribution in [0.2, 0.25) is 0 Å². The fourth-order valence-corrected chi connectivity index (χ4v) is 2.57.